The van der Waals surface area contributed by atoms with Crippen LogP contribution in [0.1, 0.15) is 24.1 Å². The SMILES string of the molecule is COc1ccccc1CC1CCCN1Cn1nc(C)ccc1=O. The quantitative estimate of drug-likeness (QED) is 0.849. The monoisotopic (exact) mass is 313 g/mol. The molecule has 0 radical (unpaired) electrons. The molecular formula is C18H23N3O2. The van der Waals surface area contributed by atoms with Crippen molar-refractivity contribution in [1.82, 2.24) is 14.7 Å². The first-order chi connectivity index (χ1) is 11.2. The first-order valence-electron chi connectivity index (χ1n) is 8.08. The van der Waals surface area contributed by atoms with Crippen LogP contribution in [0.2, 0.25) is 0 Å². The van der Waals surface area contributed by atoms with Crippen LogP contribution in [0.25, 0.3) is 0 Å². The summed E-state index contributed by atoms with van der Waals surface area (Å²) >= 11 is 0. The van der Waals surface area contributed by atoms with Gasteiger partial charge in [0.05, 0.1) is 19.5 Å². The Morgan fingerprint density at radius 2 is 2.09 bits per heavy atom. The highest BCUT2D eigenvalue weighted by molar-refractivity contribution is 5.34. The van der Waals surface area contributed by atoms with E-state index >= 15 is 0 Å². The largest absolute Gasteiger partial charge is 0.496 e. The number of nitrogens with zero attached hydrogens (tertiary/aromatic N) is 3. The van der Waals surface area contributed by atoms with Crippen LogP contribution in [0.4, 0.5) is 0 Å². The van der Waals surface area contributed by atoms with Crippen LogP contribution in [-0.4, -0.2) is 34.4 Å². The lowest BCUT2D eigenvalue weighted by atomic mass is 10.0. The normalized spacial score (nSPS) is 18.3. The topological polar surface area (TPSA) is 47.4 Å². The van der Waals surface area contributed by atoms with Crippen LogP contribution in [0.5, 0.6) is 5.75 Å². The Kier molecular flexibility index (Phi) is 4.76. The lowest BCUT2D eigenvalue weighted by Gasteiger charge is -2.25. The highest BCUT2D eigenvalue weighted by Crippen LogP contribution is 2.26. The molecule has 1 saturated heterocycles. The van der Waals surface area contributed by atoms with Crippen molar-refractivity contribution >= 4 is 0 Å². The second-order valence-corrected chi connectivity index (χ2v) is 6.08. The molecule has 122 valence electrons. The summed E-state index contributed by atoms with van der Waals surface area (Å²) in [7, 11) is 1.71. The summed E-state index contributed by atoms with van der Waals surface area (Å²) in [4.78, 5) is 14.3. The van der Waals surface area contributed by atoms with Crippen LogP contribution in [0.3, 0.4) is 0 Å². The van der Waals surface area contributed by atoms with E-state index < -0.39 is 0 Å². The average molecular weight is 313 g/mol. The van der Waals surface area contributed by atoms with E-state index in [1.165, 1.54) is 5.56 Å². The highest BCUT2D eigenvalue weighted by atomic mass is 16.5. The highest BCUT2D eigenvalue weighted by Gasteiger charge is 2.26. The summed E-state index contributed by atoms with van der Waals surface area (Å²) < 4.78 is 7.02. The summed E-state index contributed by atoms with van der Waals surface area (Å²) in [5, 5.41) is 4.35. The van der Waals surface area contributed by atoms with E-state index in [0.29, 0.717) is 12.7 Å². The summed E-state index contributed by atoms with van der Waals surface area (Å²) in [5.41, 5.74) is 2.04. The average Bonchev–Trinajstić information content (AvgIpc) is 2.98. The molecule has 2 aromatic rings. The van der Waals surface area contributed by atoms with Gasteiger partial charge in [-0.25, -0.2) is 4.68 Å². The zero-order valence-corrected chi connectivity index (χ0v) is 13.7. The molecule has 0 saturated carbocycles. The Morgan fingerprint density at radius 1 is 1.26 bits per heavy atom. The van der Waals surface area contributed by atoms with Crippen LogP contribution >= 0.6 is 0 Å². The van der Waals surface area contributed by atoms with Crippen molar-refractivity contribution in [3.05, 3.63) is 58.0 Å². The lowest BCUT2D eigenvalue weighted by Crippen LogP contribution is -2.37. The van der Waals surface area contributed by atoms with Crippen molar-refractivity contribution in [1.29, 1.82) is 0 Å². The molecule has 0 amide bonds. The Labute approximate surface area is 136 Å². The molecule has 0 aliphatic carbocycles. The van der Waals surface area contributed by atoms with Crippen LogP contribution in [0, 0.1) is 6.92 Å². The van der Waals surface area contributed by atoms with Gasteiger partial charge in [-0.15, -0.1) is 0 Å². The number of aryl methyl sites for hydroxylation is 1. The number of para-hydroxylation sites is 1. The maximum absolute atomic E-state index is 12.0. The Bertz CT molecular complexity index is 726. The minimum Gasteiger partial charge on any atom is -0.496 e. The van der Waals surface area contributed by atoms with E-state index in [0.717, 1.165) is 37.3 Å². The second kappa shape index (κ2) is 6.96. The number of aromatic nitrogens is 2. The van der Waals surface area contributed by atoms with Gasteiger partial charge in [0, 0.05) is 18.7 Å². The van der Waals surface area contributed by atoms with Crippen molar-refractivity contribution in [3.8, 4) is 5.75 Å². The molecule has 1 atom stereocenters. The predicted molar refractivity (Wildman–Crippen MR) is 89.7 cm³/mol. The molecule has 5 nitrogen and oxygen atoms in total. The van der Waals surface area contributed by atoms with Crippen molar-refractivity contribution < 1.29 is 4.74 Å². The molecule has 1 fully saturated rings. The van der Waals surface area contributed by atoms with E-state index in [9.17, 15) is 4.79 Å². The molecule has 1 aliphatic heterocycles. The van der Waals surface area contributed by atoms with Gasteiger partial charge in [-0.05, 0) is 43.9 Å². The molecule has 2 heterocycles. The maximum Gasteiger partial charge on any atom is 0.267 e. The van der Waals surface area contributed by atoms with E-state index in [-0.39, 0.29) is 5.56 Å². The number of ether oxygens (including phenoxy) is 1. The van der Waals surface area contributed by atoms with Gasteiger partial charge in [0.2, 0.25) is 0 Å². The summed E-state index contributed by atoms with van der Waals surface area (Å²) in [5.74, 6) is 0.935. The van der Waals surface area contributed by atoms with Crippen molar-refractivity contribution in [2.24, 2.45) is 0 Å². The van der Waals surface area contributed by atoms with Gasteiger partial charge in [0.25, 0.3) is 5.56 Å². The predicted octanol–water partition coefficient (Wildman–Crippen LogP) is 2.22. The fourth-order valence-corrected chi connectivity index (χ4v) is 3.26. The number of likely N-dealkylation sites (tertiary alicyclic amines) is 1. The molecule has 0 spiro atoms. The number of benzene rings is 1. The van der Waals surface area contributed by atoms with Crippen LogP contribution < -0.4 is 10.3 Å². The van der Waals surface area contributed by atoms with E-state index in [1.807, 2.05) is 25.1 Å². The van der Waals surface area contributed by atoms with Gasteiger partial charge in [-0.3, -0.25) is 9.69 Å². The van der Waals surface area contributed by atoms with Gasteiger partial charge in [-0.2, -0.15) is 5.10 Å². The zero-order valence-electron chi connectivity index (χ0n) is 13.7. The molecule has 1 unspecified atom stereocenters. The first-order valence-corrected chi connectivity index (χ1v) is 8.08. The maximum atomic E-state index is 12.0. The molecule has 0 N–H and O–H groups in total. The zero-order chi connectivity index (χ0) is 16.2. The van der Waals surface area contributed by atoms with Crippen LogP contribution in [0.15, 0.2) is 41.2 Å². The minimum atomic E-state index is -0.0430. The lowest BCUT2D eigenvalue weighted by molar-refractivity contribution is 0.183. The standard InChI is InChI=1S/C18H23N3O2/c1-14-9-10-18(22)21(19-14)13-20-11-5-7-16(20)12-15-6-3-4-8-17(15)23-2/h3-4,6,8-10,16H,5,7,11-13H2,1-2H3. The first kappa shape index (κ1) is 15.7. The van der Waals surface area contributed by atoms with Crippen LogP contribution in [-0.2, 0) is 13.1 Å². The smallest absolute Gasteiger partial charge is 0.267 e. The summed E-state index contributed by atoms with van der Waals surface area (Å²) in [6.45, 7) is 3.47. The Morgan fingerprint density at radius 3 is 2.91 bits per heavy atom. The fraction of sp³-hybridized carbons (Fsp3) is 0.444. The minimum absolute atomic E-state index is 0.0430. The Hall–Kier alpha value is -2.14. The van der Waals surface area contributed by atoms with Gasteiger partial charge in [0.15, 0.2) is 0 Å². The molecule has 1 aliphatic rings. The van der Waals surface area contributed by atoms with Gasteiger partial charge in [0.1, 0.15) is 5.75 Å². The van der Waals surface area contributed by atoms with E-state index in [1.54, 1.807) is 23.9 Å². The Balaban J connectivity index is 1.75. The third-order valence-corrected chi connectivity index (χ3v) is 4.46. The molecule has 5 heteroatoms. The van der Waals surface area contributed by atoms with Crippen molar-refractivity contribution in [2.75, 3.05) is 13.7 Å². The van der Waals surface area contributed by atoms with Crippen molar-refractivity contribution in [3.63, 3.8) is 0 Å². The third kappa shape index (κ3) is 3.62. The van der Waals surface area contributed by atoms with Gasteiger partial charge in [-0.1, -0.05) is 18.2 Å². The molecule has 23 heavy (non-hydrogen) atoms. The molecular weight excluding hydrogens is 290 g/mol. The summed E-state index contributed by atoms with van der Waals surface area (Å²) in [6.07, 6.45) is 3.23. The van der Waals surface area contributed by atoms with E-state index in [2.05, 4.69) is 16.1 Å². The third-order valence-electron chi connectivity index (χ3n) is 4.46. The molecule has 0 bridgehead atoms. The van der Waals surface area contributed by atoms with Gasteiger partial charge >= 0.3 is 0 Å². The van der Waals surface area contributed by atoms with E-state index in [4.69, 9.17) is 4.74 Å². The second-order valence-electron chi connectivity index (χ2n) is 6.08. The van der Waals surface area contributed by atoms with Crippen molar-refractivity contribution in [2.45, 2.75) is 38.9 Å². The number of rotatable bonds is 5. The number of hydrogen-bond donors (Lipinski definition) is 0. The van der Waals surface area contributed by atoms with Gasteiger partial charge < -0.3 is 4.74 Å². The number of hydrogen-bond acceptors (Lipinski definition) is 4. The molecule has 1 aromatic heterocycles. The molecule has 3 rings (SSSR count). The number of methoxy groups -OCH3 is 1. The summed E-state index contributed by atoms with van der Waals surface area (Å²) in [6, 6.07) is 11.9. The fourth-order valence-electron chi connectivity index (χ4n) is 3.26. The molecule has 1 aromatic carbocycles.